The lowest BCUT2D eigenvalue weighted by Crippen LogP contribution is -2.53. The highest BCUT2D eigenvalue weighted by atomic mass is 32.2. The Bertz CT molecular complexity index is 1160. The van der Waals surface area contributed by atoms with E-state index in [1.54, 1.807) is 24.3 Å². The third-order valence-electron chi connectivity index (χ3n) is 6.71. The van der Waals surface area contributed by atoms with E-state index in [9.17, 15) is 18.0 Å². The van der Waals surface area contributed by atoms with E-state index < -0.39 is 28.5 Å². The lowest BCUT2D eigenvalue weighted by molar-refractivity contribution is -0.140. The Hall–Kier alpha value is -3.07. The monoisotopic (exact) mass is 515 g/mol. The van der Waals surface area contributed by atoms with Crippen LogP contribution in [0.5, 0.6) is 5.75 Å². The van der Waals surface area contributed by atoms with Crippen molar-refractivity contribution < 1.29 is 22.7 Å². The SMILES string of the molecule is CCC(C(=O)NC1CCCC1)N(Cc1ccccc1C)C(=O)CN(c1cccc(OC)c1)S(C)(=O)=O. The van der Waals surface area contributed by atoms with Crippen molar-refractivity contribution in [3.8, 4) is 5.75 Å². The summed E-state index contributed by atoms with van der Waals surface area (Å²) in [6.45, 7) is 3.60. The lowest BCUT2D eigenvalue weighted by Gasteiger charge is -2.33. The summed E-state index contributed by atoms with van der Waals surface area (Å²) in [5.41, 5.74) is 2.23. The van der Waals surface area contributed by atoms with Gasteiger partial charge < -0.3 is 15.0 Å². The van der Waals surface area contributed by atoms with E-state index in [0.29, 0.717) is 17.9 Å². The summed E-state index contributed by atoms with van der Waals surface area (Å²) < 4.78 is 31.8. The van der Waals surface area contributed by atoms with Gasteiger partial charge in [0.2, 0.25) is 21.8 Å². The molecule has 0 aliphatic heterocycles. The first kappa shape index (κ1) is 27.5. The highest BCUT2D eigenvalue weighted by Gasteiger charge is 2.33. The van der Waals surface area contributed by atoms with Crippen molar-refractivity contribution in [2.75, 3.05) is 24.2 Å². The summed E-state index contributed by atoms with van der Waals surface area (Å²) in [6.07, 6.45) is 5.51. The van der Waals surface area contributed by atoms with Crippen LogP contribution in [0.3, 0.4) is 0 Å². The number of nitrogens with zero attached hydrogens (tertiary/aromatic N) is 2. The lowest BCUT2D eigenvalue weighted by atomic mass is 10.1. The van der Waals surface area contributed by atoms with Crippen LogP contribution < -0.4 is 14.4 Å². The number of sulfonamides is 1. The van der Waals surface area contributed by atoms with Gasteiger partial charge in [0, 0.05) is 18.7 Å². The summed E-state index contributed by atoms with van der Waals surface area (Å²) in [5, 5.41) is 3.11. The quantitative estimate of drug-likeness (QED) is 0.493. The van der Waals surface area contributed by atoms with Crippen LogP contribution in [0.1, 0.15) is 50.2 Å². The van der Waals surface area contributed by atoms with E-state index in [1.165, 1.54) is 12.0 Å². The summed E-state index contributed by atoms with van der Waals surface area (Å²) in [6, 6.07) is 13.7. The van der Waals surface area contributed by atoms with Crippen LogP contribution in [0.2, 0.25) is 0 Å². The number of hydrogen-bond donors (Lipinski definition) is 1. The van der Waals surface area contributed by atoms with E-state index in [4.69, 9.17) is 4.74 Å². The molecule has 0 bridgehead atoms. The number of rotatable bonds is 11. The zero-order valence-corrected chi connectivity index (χ0v) is 22.4. The molecule has 1 aliphatic carbocycles. The molecule has 196 valence electrons. The number of hydrogen-bond acceptors (Lipinski definition) is 5. The molecule has 3 rings (SSSR count). The minimum absolute atomic E-state index is 0.117. The average molecular weight is 516 g/mol. The van der Waals surface area contributed by atoms with Crippen molar-refractivity contribution in [3.63, 3.8) is 0 Å². The van der Waals surface area contributed by atoms with Gasteiger partial charge in [-0.25, -0.2) is 8.42 Å². The molecule has 1 atom stereocenters. The molecule has 1 saturated carbocycles. The molecule has 0 aromatic heterocycles. The van der Waals surface area contributed by atoms with Gasteiger partial charge in [-0.1, -0.05) is 50.1 Å². The van der Waals surface area contributed by atoms with E-state index in [2.05, 4.69) is 5.32 Å². The molecule has 0 spiro atoms. The van der Waals surface area contributed by atoms with Crippen LogP contribution in [-0.2, 0) is 26.2 Å². The number of nitrogens with one attached hydrogen (secondary N) is 1. The smallest absolute Gasteiger partial charge is 0.244 e. The second kappa shape index (κ2) is 12.3. The maximum atomic E-state index is 13.8. The van der Waals surface area contributed by atoms with Crippen LogP contribution in [0.25, 0.3) is 0 Å². The number of ether oxygens (including phenoxy) is 1. The number of carbonyl (C=O) groups is 2. The van der Waals surface area contributed by atoms with Crippen LogP contribution in [0.15, 0.2) is 48.5 Å². The van der Waals surface area contributed by atoms with Crippen LogP contribution in [0, 0.1) is 6.92 Å². The third-order valence-corrected chi connectivity index (χ3v) is 7.85. The van der Waals surface area contributed by atoms with Gasteiger partial charge in [-0.05, 0) is 49.4 Å². The maximum absolute atomic E-state index is 13.8. The predicted molar refractivity (Wildman–Crippen MR) is 141 cm³/mol. The van der Waals surface area contributed by atoms with Gasteiger partial charge in [0.25, 0.3) is 0 Å². The first-order chi connectivity index (χ1) is 17.1. The second-order valence-electron chi connectivity index (χ2n) is 9.33. The summed E-state index contributed by atoms with van der Waals surface area (Å²) in [4.78, 5) is 28.6. The molecule has 1 fully saturated rings. The van der Waals surface area contributed by atoms with Crippen molar-refractivity contribution in [1.82, 2.24) is 10.2 Å². The minimum Gasteiger partial charge on any atom is -0.497 e. The van der Waals surface area contributed by atoms with E-state index in [-0.39, 0.29) is 18.5 Å². The van der Waals surface area contributed by atoms with Crippen molar-refractivity contribution >= 4 is 27.5 Å². The highest BCUT2D eigenvalue weighted by Crippen LogP contribution is 2.25. The molecule has 0 saturated heterocycles. The number of anilines is 1. The molecule has 1 N–H and O–H groups in total. The molecule has 0 radical (unpaired) electrons. The molecular weight excluding hydrogens is 478 g/mol. The van der Waals surface area contributed by atoms with Crippen LogP contribution in [0.4, 0.5) is 5.69 Å². The minimum atomic E-state index is -3.79. The Morgan fingerprint density at radius 2 is 1.81 bits per heavy atom. The Morgan fingerprint density at radius 3 is 2.42 bits per heavy atom. The molecule has 0 heterocycles. The van der Waals surface area contributed by atoms with Crippen molar-refractivity contribution in [2.24, 2.45) is 0 Å². The maximum Gasteiger partial charge on any atom is 0.244 e. The molecule has 1 aliphatic rings. The number of carbonyl (C=O) groups excluding carboxylic acids is 2. The highest BCUT2D eigenvalue weighted by molar-refractivity contribution is 7.92. The zero-order chi connectivity index (χ0) is 26.3. The van der Waals surface area contributed by atoms with E-state index >= 15 is 0 Å². The van der Waals surface area contributed by atoms with Gasteiger partial charge in [0.05, 0.1) is 19.1 Å². The van der Waals surface area contributed by atoms with Gasteiger partial charge >= 0.3 is 0 Å². The zero-order valence-electron chi connectivity index (χ0n) is 21.6. The molecule has 36 heavy (non-hydrogen) atoms. The fraction of sp³-hybridized carbons (Fsp3) is 0.481. The number of amides is 2. The van der Waals surface area contributed by atoms with E-state index in [1.807, 2.05) is 38.1 Å². The molecule has 2 amide bonds. The van der Waals surface area contributed by atoms with Gasteiger partial charge in [-0.2, -0.15) is 0 Å². The van der Waals surface area contributed by atoms with Crippen LogP contribution in [-0.4, -0.2) is 57.1 Å². The standard InChI is InChI=1S/C27H37N3O5S/c1-5-25(27(32)28-22-13-8-9-14-22)29(18-21-12-7-6-11-20(21)2)26(31)19-30(36(4,33)34)23-15-10-16-24(17-23)35-3/h6-7,10-12,15-17,22,25H,5,8-9,13-14,18-19H2,1-4H3,(H,28,32). The van der Waals surface area contributed by atoms with E-state index in [0.717, 1.165) is 47.4 Å². The molecule has 2 aromatic carbocycles. The molecule has 2 aromatic rings. The average Bonchev–Trinajstić information content (AvgIpc) is 3.35. The van der Waals surface area contributed by atoms with Crippen molar-refractivity contribution in [1.29, 1.82) is 0 Å². The largest absolute Gasteiger partial charge is 0.497 e. The number of aryl methyl sites for hydroxylation is 1. The van der Waals surface area contributed by atoms with Gasteiger partial charge in [0.15, 0.2) is 0 Å². The second-order valence-corrected chi connectivity index (χ2v) is 11.2. The topological polar surface area (TPSA) is 96.0 Å². The van der Waals surface area contributed by atoms with Gasteiger partial charge in [-0.15, -0.1) is 0 Å². The molecule has 9 heteroatoms. The molecular formula is C27H37N3O5S. The summed E-state index contributed by atoms with van der Waals surface area (Å²) in [7, 11) is -2.30. The molecule has 1 unspecified atom stereocenters. The first-order valence-corrected chi connectivity index (χ1v) is 14.2. The Morgan fingerprint density at radius 1 is 1.11 bits per heavy atom. The number of benzene rings is 2. The molecule has 8 nitrogen and oxygen atoms in total. The Kier molecular flexibility index (Phi) is 9.37. The van der Waals surface area contributed by atoms with Gasteiger partial charge in [0.1, 0.15) is 18.3 Å². The first-order valence-electron chi connectivity index (χ1n) is 12.4. The predicted octanol–water partition coefficient (Wildman–Crippen LogP) is 3.64. The fourth-order valence-corrected chi connectivity index (χ4v) is 5.48. The fourth-order valence-electron chi connectivity index (χ4n) is 4.64. The number of methoxy groups -OCH3 is 1. The normalized spacial score (nSPS) is 14.8. The van der Waals surface area contributed by atoms with Gasteiger partial charge in [-0.3, -0.25) is 13.9 Å². The third kappa shape index (κ3) is 7.00. The Balaban J connectivity index is 1.94. The summed E-state index contributed by atoms with van der Waals surface area (Å²) >= 11 is 0. The van der Waals surface area contributed by atoms with Crippen molar-refractivity contribution in [3.05, 3.63) is 59.7 Å². The van der Waals surface area contributed by atoms with Crippen LogP contribution >= 0.6 is 0 Å². The van der Waals surface area contributed by atoms with Crippen molar-refractivity contribution in [2.45, 2.75) is 64.6 Å². The summed E-state index contributed by atoms with van der Waals surface area (Å²) in [5.74, 6) is -0.161. The Labute approximate surface area is 214 Å².